The van der Waals surface area contributed by atoms with Gasteiger partial charge in [-0.15, -0.1) is 0 Å². The molecule has 1 aliphatic rings. The first kappa shape index (κ1) is 9.57. The fourth-order valence-corrected chi connectivity index (χ4v) is 2.31. The van der Waals surface area contributed by atoms with Crippen LogP contribution in [0.3, 0.4) is 0 Å². The van der Waals surface area contributed by atoms with E-state index in [-0.39, 0.29) is 0 Å². The second-order valence-corrected chi connectivity index (χ2v) is 4.40. The summed E-state index contributed by atoms with van der Waals surface area (Å²) in [5, 5.41) is 11.6. The number of rotatable bonds is 2. The van der Waals surface area contributed by atoms with Gasteiger partial charge in [-0.3, -0.25) is 9.78 Å². The minimum atomic E-state index is 0.574. The van der Waals surface area contributed by atoms with E-state index in [2.05, 4.69) is 20.3 Å². The van der Waals surface area contributed by atoms with Gasteiger partial charge in [0.25, 0.3) is 0 Å². The fraction of sp³-hybridized carbons (Fsp3) is 0.545. The van der Waals surface area contributed by atoms with Crippen molar-refractivity contribution in [2.45, 2.75) is 31.6 Å². The molecule has 16 heavy (non-hydrogen) atoms. The molecule has 0 unspecified atom stereocenters. The van der Waals surface area contributed by atoms with Crippen molar-refractivity contribution in [1.82, 2.24) is 25.0 Å². The van der Waals surface area contributed by atoms with Crippen LogP contribution in [0.1, 0.15) is 37.4 Å². The SMILES string of the molecule is Cn1ccc(-c2n[nH]c(C3CCCC3)n2)n1. The third kappa shape index (κ3) is 1.62. The third-order valence-electron chi connectivity index (χ3n) is 3.19. The smallest absolute Gasteiger partial charge is 0.201 e. The van der Waals surface area contributed by atoms with Gasteiger partial charge >= 0.3 is 0 Å². The lowest BCUT2D eigenvalue weighted by molar-refractivity contribution is 0.672. The Hall–Kier alpha value is -1.65. The molecule has 2 aromatic heterocycles. The highest BCUT2D eigenvalue weighted by atomic mass is 15.3. The highest BCUT2D eigenvalue weighted by molar-refractivity contribution is 5.47. The number of nitrogens with zero attached hydrogens (tertiary/aromatic N) is 4. The molecule has 84 valence electrons. The standard InChI is InChI=1S/C11H15N5/c1-16-7-6-9(15-16)11-12-10(13-14-11)8-4-2-3-5-8/h6-8H,2-5H2,1H3,(H,12,13,14). The number of hydrogen-bond donors (Lipinski definition) is 1. The average Bonchev–Trinajstić information content (AvgIpc) is 2.97. The summed E-state index contributed by atoms with van der Waals surface area (Å²) in [4.78, 5) is 4.53. The molecule has 0 amide bonds. The summed E-state index contributed by atoms with van der Waals surface area (Å²) in [6, 6.07) is 1.93. The van der Waals surface area contributed by atoms with E-state index in [0.29, 0.717) is 11.7 Å². The zero-order valence-electron chi connectivity index (χ0n) is 9.35. The minimum absolute atomic E-state index is 0.574. The first-order chi connectivity index (χ1) is 7.83. The van der Waals surface area contributed by atoms with E-state index in [4.69, 9.17) is 0 Å². The van der Waals surface area contributed by atoms with Crippen LogP contribution in [0.15, 0.2) is 12.3 Å². The van der Waals surface area contributed by atoms with E-state index >= 15 is 0 Å². The van der Waals surface area contributed by atoms with Gasteiger partial charge in [0.1, 0.15) is 11.5 Å². The van der Waals surface area contributed by atoms with Crippen molar-refractivity contribution < 1.29 is 0 Å². The molecule has 5 heteroatoms. The Morgan fingerprint density at radius 2 is 2.19 bits per heavy atom. The molecule has 1 aliphatic carbocycles. The maximum Gasteiger partial charge on any atom is 0.201 e. The van der Waals surface area contributed by atoms with Crippen LogP contribution in [-0.2, 0) is 7.05 Å². The summed E-state index contributed by atoms with van der Waals surface area (Å²) in [5.74, 6) is 2.31. The van der Waals surface area contributed by atoms with E-state index in [1.54, 1.807) is 4.68 Å². The number of aromatic nitrogens is 5. The molecule has 0 aliphatic heterocycles. The van der Waals surface area contributed by atoms with Crippen molar-refractivity contribution in [3.8, 4) is 11.5 Å². The monoisotopic (exact) mass is 217 g/mol. The van der Waals surface area contributed by atoms with Gasteiger partial charge in [-0.25, -0.2) is 4.98 Å². The van der Waals surface area contributed by atoms with Gasteiger partial charge in [0, 0.05) is 19.2 Å². The average molecular weight is 217 g/mol. The predicted molar refractivity (Wildman–Crippen MR) is 59.8 cm³/mol. The molecule has 0 saturated heterocycles. The minimum Gasteiger partial charge on any atom is -0.275 e. The van der Waals surface area contributed by atoms with E-state index in [9.17, 15) is 0 Å². The van der Waals surface area contributed by atoms with Crippen LogP contribution in [0.2, 0.25) is 0 Å². The van der Waals surface area contributed by atoms with Crippen molar-refractivity contribution in [1.29, 1.82) is 0 Å². The lowest BCUT2D eigenvalue weighted by Gasteiger charge is -2.01. The van der Waals surface area contributed by atoms with Gasteiger partial charge in [0.15, 0.2) is 0 Å². The molecule has 0 bridgehead atoms. The molecule has 0 atom stereocenters. The van der Waals surface area contributed by atoms with Crippen LogP contribution in [0.4, 0.5) is 0 Å². The third-order valence-corrected chi connectivity index (χ3v) is 3.19. The van der Waals surface area contributed by atoms with Gasteiger partial charge in [-0.2, -0.15) is 10.2 Å². The summed E-state index contributed by atoms with van der Waals surface area (Å²) in [6.45, 7) is 0. The van der Waals surface area contributed by atoms with Gasteiger partial charge < -0.3 is 0 Å². The van der Waals surface area contributed by atoms with Crippen LogP contribution < -0.4 is 0 Å². The molecule has 1 fully saturated rings. The normalized spacial score (nSPS) is 17.1. The van der Waals surface area contributed by atoms with Crippen LogP contribution in [-0.4, -0.2) is 25.0 Å². The Bertz CT molecular complexity index is 478. The Morgan fingerprint density at radius 1 is 1.38 bits per heavy atom. The molecular weight excluding hydrogens is 202 g/mol. The number of hydrogen-bond acceptors (Lipinski definition) is 3. The second-order valence-electron chi connectivity index (χ2n) is 4.40. The topological polar surface area (TPSA) is 59.4 Å². The lowest BCUT2D eigenvalue weighted by Crippen LogP contribution is -1.94. The summed E-state index contributed by atoms with van der Waals surface area (Å²) in [7, 11) is 1.90. The molecule has 3 rings (SSSR count). The van der Waals surface area contributed by atoms with Gasteiger partial charge in [0.2, 0.25) is 5.82 Å². The molecule has 2 heterocycles. The maximum atomic E-state index is 4.53. The van der Waals surface area contributed by atoms with Gasteiger partial charge in [-0.05, 0) is 18.9 Å². The number of aromatic amines is 1. The molecule has 0 radical (unpaired) electrons. The zero-order chi connectivity index (χ0) is 11.0. The molecule has 0 spiro atoms. The van der Waals surface area contributed by atoms with Crippen molar-refractivity contribution in [3.05, 3.63) is 18.1 Å². The van der Waals surface area contributed by atoms with Crippen molar-refractivity contribution in [3.63, 3.8) is 0 Å². The summed E-state index contributed by atoms with van der Waals surface area (Å²) < 4.78 is 1.76. The molecule has 2 aromatic rings. The molecular formula is C11H15N5. The van der Waals surface area contributed by atoms with E-state index < -0.39 is 0 Å². The lowest BCUT2D eigenvalue weighted by atomic mass is 10.1. The summed E-state index contributed by atoms with van der Waals surface area (Å²) >= 11 is 0. The van der Waals surface area contributed by atoms with Crippen LogP contribution in [0, 0.1) is 0 Å². The Kier molecular flexibility index (Phi) is 2.23. The maximum absolute atomic E-state index is 4.53. The Labute approximate surface area is 93.9 Å². The molecule has 1 saturated carbocycles. The van der Waals surface area contributed by atoms with Gasteiger partial charge in [0.05, 0.1) is 0 Å². The van der Waals surface area contributed by atoms with Gasteiger partial charge in [-0.1, -0.05) is 12.8 Å². The quantitative estimate of drug-likeness (QED) is 0.835. The second kappa shape index (κ2) is 3.73. The summed E-state index contributed by atoms with van der Waals surface area (Å²) in [6.07, 6.45) is 6.99. The Balaban J connectivity index is 1.87. The van der Waals surface area contributed by atoms with Crippen molar-refractivity contribution in [2.24, 2.45) is 7.05 Å². The first-order valence-electron chi connectivity index (χ1n) is 5.75. The van der Waals surface area contributed by atoms with Crippen LogP contribution >= 0.6 is 0 Å². The van der Waals surface area contributed by atoms with Crippen molar-refractivity contribution in [2.75, 3.05) is 0 Å². The zero-order valence-corrected chi connectivity index (χ0v) is 9.35. The first-order valence-corrected chi connectivity index (χ1v) is 5.75. The summed E-state index contributed by atoms with van der Waals surface area (Å²) in [5.41, 5.74) is 0.836. The Morgan fingerprint density at radius 3 is 2.88 bits per heavy atom. The van der Waals surface area contributed by atoms with Crippen molar-refractivity contribution >= 4 is 0 Å². The van der Waals surface area contributed by atoms with Crippen LogP contribution in [0.25, 0.3) is 11.5 Å². The number of nitrogens with one attached hydrogen (secondary N) is 1. The largest absolute Gasteiger partial charge is 0.275 e. The molecule has 1 N–H and O–H groups in total. The highest BCUT2D eigenvalue weighted by Crippen LogP contribution is 2.32. The van der Waals surface area contributed by atoms with Crippen LogP contribution in [0.5, 0.6) is 0 Å². The molecule has 0 aromatic carbocycles. The molecule has 5 nitrogen and oxygen atoms in total. The highest BCUT2D eigenvalue weighted by Gasteiger charge is 2.21. The number of H-pyrrole nitrogens is 1. The predicted octanol–water partition coefficient (Wildman–Crippen LogP) is 1.86. The van der Waals surface area contributed by atoms with E-state index in [1.807, 2.05) is 19.3 Å². The van der Waals surface area contributed by atoms with E-state index in [1.165, 1.54) is 25.7 Å². The number of aryl methyl sites for hydroxylation is 1. The van der Waals surface area contributed by atoms with E-state index in [0.717, 1.165) is 11.5 Å². The fourth-order valence-electron chi connectivity index (χ4n) is 2.31.